The smallest absolute Gasteiger partial charge is 0.262 e. The maximum atomic E-state index is 15.1. The summed E-state index contributed by atoms with van der Waals surface area (Å²) >= 11 is 25.2. The largest absolute Gasteiger partial charge is 0.349 e. The molecule has 4 aliphatic heterocycles. The molecule has 1 spiro atoms. The summed E-state index contributed by atoms with van der Waals surface area (Å²) < 4.78 is 30.2. The molecule has 4 aliphatic rings. The van der Waals surface area contributed by atoms with Crippen molar-refractivity contribution in [3.8, 4) is 0 Å². The second kappa shape index (κ2) is 8.66. The minimum Gasteiger partial charge on any atom is -0.349 e. The quantitative estimate of drug-likeness (QED) is 0.452. The number of fused-ring (bicyclic) bond motifs is 7. The second-order valence-corrected chi connectivity index (χ2v) is 12.9. The highest BCUT2D eigenvalue weighted by Gasteiger charge is 2.75. The predicted octanol–water partition coefficient (Wildman–Crippen LogP) is 5.34. The lowest BCUT2D eigenvalue weighted by Gasteiger charge is -2.42. The monoisotopic (exact) mass is 616 g/mol. The minimum absolute atomic E-state index is 0.00795. The van der Waals surface area contributed by atoms with Crippen LogP contribution in [-0.2, 0) is 19.9 Å². The van der Waals surface area contributed by atoms with Crippen LogP contribution in [0.4, 0.5) is 20.2 Å². The van der Waals surface area contributed by atoms with Gasteiger partial charge in [-0.25, -0.2) is 8.78 Å². The molecule has 0 aliphatic carbocycles. The van der Waals surface area contributed by atoms with Crippen molar-refractivity contribution in [1.29, 1.82) is 0 Å². The number of halogens is 6. The first-order chi connectivity index (χ1) is 18.1. The molecular formula is C26H22Cl4F2N4O3. The van der Waals surface area contributed by atoms with E-state index in [0.29, 0.717) is 5.69 Å². The van der Waals surface area contributed by atoms with Gasteiger partial charge in [-0.05, 0) is 44.2 Å². The van der Waals surface area contributed by atoms with Crippen molar-refractivity contribution in [3.63, 3.8) is 0 Å². The highest BCUT2D eigenvalue weighted by molar-refractivity contribution is 6.38. The van der Waals surface area contributed by atoms with Gasteiger partial charge in [-0.2, -0.15) is 0 Å². The molecule has 4 heterocycles. The normalized spacial score (nSPS) is 30.9. The number of rotatable bonds is 1. The molecule has 0 saturated carbocycles. The van der Waals surface area contributed by atoms with Crippen LogP contribution >= 0.6 is 46.4 Å². The molecule has 3 amide bonds. The van der Waals surface area contributed by atoms with Crippen molar-refractivity contribution in [2.45, 2.75) is 43.3 Å². The van der Waals surface area contributed by atoms with Crippen LogP contribution in [0.5, 0.6) is 0 Å². The fraction of sp³-hybridized carbons (Fsp3) is 0.423. The topological polar surface area (TPSA) is 81.8 Å². The van der Waals surface area contributed by atoms with Gasteiger partial charge in [0.2, 0.25) is 11.8 Å². The molecule has 3 fully saturated rings. The number of carbonyl (C=O) groups is 3. The van der Waals surface area contributed by atoms with E-state index >= 15 is 8.78 Å². The summed E-state index contributed by atoms with van der Waals surface area (Å²) in [5.74, 6) is -7.77. The maximum Gasteiger partial charge on any atom is 0.262 e. The highest BCUT2D eigenvalue weighted by atomic mass is 35.5. The average molecular weight is 618 g/mol. The fourth-order valence-electron chi connectivity index (χ4n) is 6.82. The number of anilines is 2. The number of benzene rings is 2. The predicted molar refractivity (Wildman–Crippen MR) is 145 cm³/mol. The van der Waals surface area contributed by atoms with Gasteiger partial charge in [0.25, 0.3) is 11.8 Å². The molecule has 0 radical (unpaired) electrons. The van der Waals surface area contributed by atoms with E-state index in [2.05, 4.69) is 10.6 Å². The van der Waals surface area contributed by atoms with Gasteiger partial charge in [-0.1, -0.05) is 46.4 Å². The molecular weight excluding hydrogens is 596 g/mol. The number of alkyl halides is 2. The Labute approximate surface area is 242 Å². The van der Waals surface area contributed by atoms with Crippen molar-refractivity contribution in [3.05, 3.63) is 56.0 Å². The molecule has 7 nitrogen and oxygen atoms in total. The lowest BCUT2D eigenvalue weighted by molar-refractivity contribution is -0.143. The molecule has 4 atom stereocenters. The molecule has 3 saturated heterocycles. The van der Waals surface area contributed by atoms with Crippen LogP contribution in [0.15, 0.2) is 30.3 Å². The van der Waals surface area contributed by atoms with Crippen molar-refractivity contribution < 1.29 is 23.2 Å². The summed E-state index contributed by atoms with van der Waals surface area (Å²) in [6.07, 6.45) is -0.709. The third-order valence-corrected chi connectivity index (χ3v) is 9.00. The zero-order valence-corrected chi connectivity index (χ0v) is 23.7. The van der Waals surface area contributed by atoms with Crippen molar-refractivity contribution in [2.24, 2.45) is 11.8 Å². The van der Waals surface area contributed by atoms with E-state index < -0.39 is 65.6 Å². The molecule has 13 heteroatoms. The Morgan fingerprint density at radius 1 is 0.923 bits per heavy atom. The fourth-order valence-corrected chi connectivity index (χ4v) is 7.87. The lowest BCUT2D eigenvalue weighted by atomic mass is 9.72. The van der Waals surface area contributed by atoms with Gasteiger partial charge < -0.3 is 15.5 Å². The number of carbonyl (C=O) groups excluding carboxylic acids is 3. The highest BCUT2D eigenvalue weighted by Crippen LogP contribution is 2.61. The van der Waals surface area contributed by atoms with Gasteiger partial charge in [0, 0.05) is 45.3 Å². The lowest BCUT2D eigenvalue weighted by Crippen LogP contribution is -2.63. The Balaban J connectivity index is 1.61. The summed E-state index contributed by atoms with van der Waals surface area (Å²) in [5.41, 5.74) is -2.20. The van der Waals surface area contributed by atoms with Gasteiger partial charge >= 0.3 is 0 Å². The molecule has 0 aromatic heterocycles. The Morgan fingerprint density at radius 3 is 2.23 bits per heavy atom. The van der Waals surface area contributed by atoms with Crippen LogP contribution in [0.2, 0.25) is 20.1 Å². The minimum atomic E-state index is -3.21. The first kappa shape index (κ1) is 27.0. The van der Waals surface area contributed by atoms with Crippen LogP contribution in [-0.4, -0.2) is 53.2 Å². The van der Waals surface area contributed by atoms with Gasteiger partial charge in [0.05, 0.1) is 34.6 Å². The van der Waals surface area contributed by atoms with E-state index in [1.165, 1.54) is 28.0 Å². The molecule has 206 valence electrons. The molecule has 6 rings (SSSR count). The van der Waals surface area contributed by atoms with E-state index in [9.17, 15) is 14.4 Å². The standard InChI is InChI=1S/C26H22Cl4F2N4O3/c1-24(2)9-35(14-4-11(27)3-12(28)5-14)22(38)18-17-8-25(31,32)10-36(17)26(19(18)21(37)34-24)15-6-13(29)7-16(30)20(15)33-23(26)39/h3-7,17-19H,8-10H2,1-2H3,(H,33,39)(H,34,37)/t17-,18+,19-,26+/m1/s1. The SMILES string of the molecule is CC1(C)CN(c2cc(Cl)cc(Cl)c2)C(=O)[C@H]2[C@H]3CC(F)(F)CN3[C@]3(C(=O)Nc4c(Cl)cc(Cl)cc43)[C@H]2C(=O)N1. The average Bonchev–Trinajstić information content (AvgIpc) is 3.36. The summed E-state index contributed by atoms with van der Waals surface area (Å²) in [6.45, 7) is 2.64. The maximum absolute atomic E-state index is 15.1. The van der Waals surface area contributed by atoms with Crippen molar-refractivity contribution in [2.75, 3.05) is 23.3 Å². The summed E-state index contributed by atoms with van der Waals surface area (Å²) in [5, 5.41) is 6.46. The first-order valence-corrected chi connectivity index (χ1v) is 13.7. The number of hydrogen-bond donors (Lipinski definition) is 2. The van der Waals surface area contributed by atoms with E-state index in [1.54, 1.807) is 26.0 Å². The molecule has 39 heavy (non-hydrogen) atoms. The Morgan fingerprint density at radius 2 is 1.56 bits per heavy atom. The Bertz CT molecular complexity index is 1450. The Hall–Kier alpha value is -2.17. The van der Waals surface area contributed by atoms with Gasteiger partial charge in [0.1, 0.15) is 5.54 Å². The molecule has 2 N–H and O–H groups in total. The van der Waals surface area contributed by atoms with E-state index in [0.717, 1.165) is 0 Å². The zero-order chi connectivity index (χ0) is 28.2. The molecule has 0 bridgehead atoms. The number of nitrogens with one attached hydrogen (secondary N) is 2. The third kappa shape index (κ3) is 3.95. The van der Waals surface area contributed by atoms with Gasteiger partial charge in [0.15, 0.2) is 0 Å². The van der Waals surface area contributed by atoms with Crippen LogP contribution in [0.25, 0.3) is 0 Å². The number of amides is 3. The molecule has 2 aromatic rings. The number of hydrogen-bond acceptors (Lipinski definition) is 4. The van der Waals surface area contributed by atoms with Gasteiger partial charge in [-0.3, -0.25) is 19.3 Å². The summed E-state index contributed by atoms with van der Waals surface area (Å²) in [4.78, 5) is 45.2. The first-order valence-electron chi connectivity index (χ1n) is 12.2. The number of nitrogens with zero attached hydrogens (tertiary/aromatic N) is 2. The van der Waals surface area contributed by atoms with E-state index in [4.69, 9.17) is 46.4 Å². The van der Waals surface area contributed by atoms with Crippen molar-refractivity contribution >= 4 is 75.5 Å². The van der Waals surface area contributed by atoms with Gasteiger partial charge in [-0.15, -0.1) is 0 Å². The van der Waals surface area contributed by atoms with Crippen LogP contribution in [0.3, 0.4) is 0 Å². The van der Waals surface area contributed by atoms with Crippen LogP contribution in [0, 0.1) is 11.8 Å². The summed E-state index contributed by atoms with van der Waals surface area (Å²) in [6, 6.07) is 6.34. The summed E-state index contributed by atoms with van der Waals surface area (Å²) in [7, 11) is 0. The van der Waals surface area contributed by atoms with E-state index in [-0.39, 0.29) is 37.9 Å². The zero-order valence-electron chi connectivity index (χ0n) is 20.6. The van der Waals surface area contributed by atoms with Crippen molar-refractivity contribution in [1.82, 2.24) is 10.2 Å². The third-order valence-electron chi connectivity index (χ3n) is 8.04. The van der Waals surface area contributed by atoms with E-state index in [1.807, 2.05) is 0 Å². The Kier molecular flexibility index (Phi) is 6.00. The second-order valence-electron chi connectivity index (χ2n) is 11.2. The molecule has 0 unspecified atom stereocenters. The molecule has 2 aromatic carbocycles. The van der Waals surface area contributed by atoms with Crippen LogP contribution in [0.1, 0.15) is 25.8 Å². The van der Waals surface area contributed by atoms with Crippen LogP contribution < -0.4 is 15.5 Å².